The summed E-state index contributed by atoms with van der Waals surface area (Å²) in [6.07, 6.45) is 2.31. The molecule has 2 N–H and O–H groups in total. The molecule has 0 spiro atoms. The summed E-state index contributed by atoms with van der Waals surface area (Å²) in [5, 5.41) is 9.82. The Morgan fingerprint density at radius 2 is 1.96 bits per heavy atom. The Kier molecular flexibility index (Phi) is 13.8. The van der Waals surface area contributed by atoms with Crippen LogP contribution in [-0.2, 0) is 17.6 Å². The number of rotatable bonds is 10. The predicted octanol–water partition coefficient (Wildman–Crippen LogP) is 2.68. The van der Waals surface area contributed by atoms with Crippen molar-refractivity contribution in [1.29, 1.82) is 0 Å². The number of amides is 1. The molecule has 0 fully saturated rings. The van der Waals surface area contributed by atoms with Gasteiger partial charge in [-0.2, -0.15) is 0 Å². The number of carbonyl (C=O) groups excluding carboxylic acids is 1. The number of guanidine groups is 1. The van der Waals surface area contributed by atoms with Gasteiger partial charge in [0.15, 0.2) is 5.96 Å². The van der Waals surface area contributed by atoms with Gasteiger partial charge in [0.05, 0.1) is 17.2 Å². The minimum atomic E-state index is 0. The van der Waals surface area contributed by atoms with Crippen molar-refractivity contribution in [2.45, 2.75) is 47.0 Å². The lowest BCUT2D eigenvalue weighted by Crippen LogP contribution is -2.38. The Labute approximate surface area is 172 Å². The number of halogens is 1. The van der Waals surface area contributed by atoms with E-state index in [9.17, 15) is 4.79 Å². The van der Waals surface area contributed by atoms with Crippen LogP contribution in [0.2, 0.25) is 0 Å². The summed E-state index contributed by atoms with van der Waals surface area (Å²) in [6.45, 7) is 11.7. The number of nitrogens with one attached hydrogen (secondary N) is 2. The number of nitrogens with zero attached hydrogens (tertiary/aromatic N) is 3. The molecule has 0 aliphatic carbocycles. The van der Waals surface area contributed by atoms with Gasteiger partial charge >= 0.3 is 0 Å². The van der Waals surface area contributed by atoms with Gasteiger partial charge in [0.1, 0.15) is 0 Å². The van der Waals surface area contributed by atoms with Gasteiger partial charge in [0, 0.05) is 44.4 Å². The van der Waals surface area contributed by atoms with E-state index >= 15 is 0 Å². The number of carbonyl (C=O) groups is 1. The summed E-state index contributed by atoms with van der Waals surface area (Å²) in [5.41, 5.74) is 1.12. The molecule has 0 saturated carbocycles. The van der Waals surface area contributed by atoms with E-state index in [0.717, 1.165) is 50.7 Å². The molecule has 0 aliphatic rings. The van der Waals surface area contributed by atoms with Gasteiger partial charge in [-0.05, 0) is 27.2 Å². The molecule has 0 aliphatic heterocycles. The fourth-order valence-electron chi connectivity index (χ4n) is 2.27. The molecule has 25 heavy (non-hydrogen) atoms. The van der Waals surface area contributed by atoms with Crippen LogP contribution in [0.25, 0.3) is 0 Å². The van der Waals surface area contributed by atoms with Crippen LogP contribution in [0.4, 0.5) is 0 Å². The number of hydrogen-bond acceptors (Lipinski definition) is 4. The lowest BCUT2D eigenvalue weighted by atomic mass is 10.3. The number of aryl methyl sites for hydroxylation is 1. The molecular weight excluding hydrogens is 449 g/mol. The van der Waals surface area contributed by atoms with Crippen LogP contribution in [0.3, 0.4) is 0 Å². The molecular formula is C17H32IN5OS. The third kappa shape index (κ3) is 9.39. The Morgan fingerprint density at radius 1 is 1.24 bits per heavy atom. The monoisotopic (exact) mass is 481 g/mol. The van der Waals surface area contributed by atoms with Crippen LogP contribution in [0, 0.1) is 0 Å². The first-order chi connectivity index (χ1) is 11.6. The second kappa shape index (κ2) is 14.3. The lowest BCUT2D eigenvalue weighted by molar-refractivity contribution is -0.130. The molecule has 8 heteroatoms. The first-order valence-corrected chi connectivity index (χ1v) is 9.75. The van der Waals surface area contributed by atoms with Crippen molar-refractivity contribution >= 4 is 47.2 Å². The molecule has 1 rings (SSSR count). The Morgan fingerprint density at radius 3 is 2.52 bits per heavy atom. The van der Waals surface area contributed by atoms with Crippen LogP contribution in [-0.4, -0.2) is 54.5 Å². The maximum atomic E-state index is 12.0. The van der Waals surface area contributed by atoms with Gasteiger partial charge in [0.2, 0.25) is 5.91 Å². The molecule has 1 aromatic heterocycles. The van der Waals surface area contributed by atoms with Gasteiger partial charge in [-0.3, -0.25) is 9.79 Å². The van der Waals surface area contributed by atoms with E-state index in [0.29, 0.717) is 13.0 Å². The number of hydrogen-bond donors (Lipinski definition) is 2. The fourth-order valence-corrected chi connectivity index (χ4v) is 3.05. The fraction of sp³-hybridized carbons (Fsp3) is 0.706. The van der Waals surface area contributed by atoms with Crippen molar-refractivity contribution in [2.24, 2.45) is 4.99 Å². The standard InChI is InChI=1S/C17H31N5OS.HI/c1-5-15-21-14(13-24-15)9-11-19-17(18-6-2)20-12-10-16(23)22(7-3)8-4;/h13H,5-12H2,1-4H3,(H2,18,19,20);1H. The average Bonchev–Trinajstić information content (AvgIpc) is 3.04. The normalized spacial score (nSPS) is 11.0. The van der Waals surface area contributed by atoms with Crippen molar-refractivity contribution in [2.75, 3.05) is 32.7 Å². The highest BCUT2D eigenvalue weighted by molar-refractivity contribution is 14.0. The Hall–Kier alpha value is -0.900. The molecule has 1 aromatic rings. The Balaban J connectivity index is 0.00000576. The van der Waals surface area contributed by atoms with E-state index < -0.39 is 0 Å². The molecule has 0 saturated heterocycles. The van der Waals surface area contributed by atoms with E-state index in [1.54, 1.807) is 11.3 Å². The van der Waals surface area contributed by atoms with Gasteiger partial charge in [-0.1, -0.05) is 6.92 Å². The zero-order chi connectivity index (χ0) is 17.8. The number of thiazole rings is 1. The van der Waals surface area contributed by atoms with Gasteiger partial charge in [-0.15, -0.1) is 35.3 Å². The van der Waals surface area contributed by atoms with Gasteiger partial charge in [-0.25, -0.2) is 4.98 Å². The van der Waals surface area contributed by atoms with Crippen molar-refractivity contribution < 1.29 is 4.79 Å². The average molecular weight is 481 g/mol. The largest absolute Gasteiger partial charge is 0.357 e. The quantitative estimate of drug-likeness (QED) is 0.306. The highest BCUT2D eigenvalue weighted by Crippen LogP contribution is 2.10. The first kappa shape index (κ1) is 24.1. The highest BCUT2D eigenvalue weighted by Gasteiger charge is 2.08. The molecule has 0 bridgehead atoms. The van der Waals surface area contributed by atoms with E-state index in [2.05, 4.69) is 32.9 Å². The summed E-state index contributed by atoms with van der Waals surface area (Å²) in [4.78, 5) is 22.9. The molecule has 0 unspecified atom stereocenters. The molecule has 6 nitrogen and oxygen atoms in total. The zero-order valence-corrected chi connectivity index (χ0v) is 18.9. The molecule has 0 radical (unpaired) electrons. The van der Waals surface area contributed by atoms with Crippen LogP contribution >= 0.6 is 35.3 Å². The highest BCUT2D eigenvalue weighted by atomic mass is 127. The predicted molar refractivity (Wildman–Crippen MR) is 117 cm³/mol. The molecule has 144 valence electrons. The van der Waals surface area contributed by atoms with Crippen LogP contribution in [0.1, 0.15) is 44.8 Å². The van der Waals surface area contributed by atoms with Crippen LogP contribution < -0.4 is 10.6 Å². The first-order valence-electron chi connectivity index (χ1n) is 8.87. The summed E-state index contributed by atoms with van der Waals surface area (Å²) in [7, 11) is 0. The number of aliphatic imine (C=N–C) groups is 1. The molecule has 1 heterocycles. The number of aromatic nitrogens is 1. The van der Waals surface area contributed by atoms with E-state index in [1.165, 1.54) is 5.01 Å². The Bertz CT molecular complexity index is 517. The van der Waals surface area contributed by atoms with Crippen LogP contribution in [0.5, 0.6) is 0 Å². The molecule has 0 aromatic carbocycles. The maximum absolute atomic E-state index is 12.0. The topological polar surface area (TPSA) is 69.6 Å². The minimum Gasteiger partial charge on any atom is -0.357 e. The third-order valence-electron chi connectivity index (χ3n) is 3.63. The van der Waals surface area contributed by atoms with E-state index in [4.69, 9.17) is 0 Å². The lowest BCUT2D eigenvalue weighted by Gasteiger charge is -2.18. The minimum absolute atomic E-state index is 0. The maximum Gasteiger partial charge on any atom is 0.224 e. The van der Waals surface area contributed by atoms with Crippen LogP contribution in [0.15, 0.2) is 10.4 Å². The van der Waals surface area contributed by atoms with E-state index in [-0.39, 0.29) is 29.9 Å². The molecule has 1 amide bonds. The van der Waals surface area contributed by atoms with Gasteiger partial charge < -0.3 is 15.5 Å². The SMILES string of the molecule is CCNC(=NCCC(=O)N(CC)CC)NCCc1csc(CC)n1.I. The summed E-state index contributed by atoms with van der Waals surface area (Å²) in [6, 6.07) is 0. The van der Waals surface area contributed by atoms with Crippen molar-refractivity contribution in [3.63, 3.8) is 0 Å². The zero-order valence-electron chi connectivity index (χ0n) is 15.8. The van der Waals surface area contributed by atoms with Crippen molar-refractivity contribution in [3.05, 3.63) is 16.1 Å². The van der Waals surface area contributed by atoms with Crippen molar-refractivity contribution in [3.8, 4) is 0 Å². The summed E-state index contributed by atoms with van der Waals surface area (Å²) >= 11 is 1.72. The smallest absolute Gasteiger partial charge is 0.224 e. The third-order valence-corrected chi connectivity index (χ3v) is 4.67. The second-order valence-corrected chi connectivity index (χ2v) is 6.28. The summed E-state index contributed by atoms with van der Waals surface area (Å²) < 4.78 is 0. The second-order valence-electron chi connectivity index (χ2n) is 5.34. The van der Waals surface area contributed by atoms with Gasteiger partial charge in [0.25, 0.3) is 0 Å². The van der Waals surface area contributed by atoms with Crippen molar-refractivity contribution in [1.82, 2.24) is 20.5 Å². The summed E-state index contributed by atoms with van der Waals surface area (Å²) in [5.74, 6) is 0.921. The van der Waals surface area contributed by atoms with E-state index in [1.807, 2.05) is 25.7 Å². The molecule has 0 atom stereocenters.